The van der Waals surface area contributed by atoms with Crippen molar-refractivity contribution in [1.29, 1.82) is 0 Å². The van der Waals surface area contributed by atoms with E-state index in [0.29, 0.717) is 45.3 Å². The summed E-state index contributed by atoms with van der Waals surface area (Å²) in [6, 6.07) is 34.6. The first-order valence-corrected chi connectivity index (χ1v) is 16.5. The molecule has 55 heavy (non-hydrogen) atoms. The molecule has 2 amide bonds. The number of rotatable bonds is 4. The maximum atomic E-state index is 14.2. The Morgan fingerprint density at radius 1 is 0.491 bits per heavy atom. The van der Waals surface area contributed by atoms with Gasteiger partial charge in [-0.15, -0.1) is 0 Å². The molecule has 6 aromatic carbocycles. The maximum Gasteiger partial charge on any atom is 0.416 e. The molecule has 0 fully saturated rings. The minimum atomic E-state index is -5.02. The first-order valence-electron chi connectivity index (χ1n) is 16.5. The molecular weight excluding hydrogens is 735 g/mol. The fourth-order valence-electron chi connectivity index (χ4n) is 6.75. The Balaban J connectivity index is 0.000000875. The van der Waals surface area contributed by atoms with E-state index in [9.17, 15) is 49.1 Å². The monoisotopic (exact) mass is 760 g/mol. The largest absolute Gasteiger partial charge is 0.416 e. The fourth-order valence-corrected chi connectivity index (χ4v) is 6.75. The highest BCUT2D eigenvalue weighted by atomic mass is 19.4. The molecule has 13 heteroatoms. The normalized spacial score (nSPS) is 13.3. The number of para-hydroxylation sites is 1. The average molecular weight is 761 g/mol. The SMILES string of the molecule is CC(F)(F)F.O=C1c2cccc(-n3c4ccccc4c4c(-c5cc(C(F)(F)F)cc(C(F)(F)F)c5)cccc43)c2C(=O)N1c1ccc(-c2ccccc2)cc1. The van der Waals surface area contributed by atoms with Crippen LogP contribution in [-0.4, -0.2) is 22.6 Å². The third-order valence-electron chi connectivity index (χ3n) is 8.96. The summed E-state index contributed by atoms with van der Waals surface area (Å²) >= 11 is 0. The van der Waals surface area contributed by atoms with Crippen molar-refractivity contribution in [2.24, 2.45) is 0 Å². The first-order chi connectivity index (χ1) is 25.9. The molecule has 0 N–H and O–H groups in total. The Morgan fingerprint density at radius 3 is 1.64 bits per heavy atom. The van der Waals surface area contributed by atoms with Crippen LogP contribution in [0.15, 0.2) is 133 Å². The molecule has 0 saturated carbocycles. The lowest BCUT2D eigenvalue weighted by atomic mass is 9.95. The van der Waals surface area contributed by atoms with E-state index in [1.54, 1.807) is 65.2 Å². The van der Waals surface area contributed by atoms with Crippen LogP contribution in [0.2, 0.25) is 0 Å². The lowest BCUT2D eigenvalue weighted by molar-refractivity contribution is -0.143. The number of carbonyl (C=O) groups is 2. The van der Waals surface area contributed by atoms with Crippen LogP contribution in [0.1, 0.15) is 38.8 Å². The predicted octanol–water partition coefficient (Wildman–Crippen LogP) is 12.5. The molecule has 0 aliphatic carbocycles. The van der Waals surface area contributed by atoms with Gasteiger partial charge in [-0.1, -0.05) is 78.9 Å². The van der Waals surface area contributed by atoms with Crippen molar-refractivity contribution in [2.45, 2.75) is 25.5 Å². The Labute approximate surface area is 306 Å². The number of aromatic nitrogens is 1. The second-order valence-electron chi connectivity index (χ2n) is 12.7. The van der Waals surface area contributed by atoms with E-state index < -0.39 is 41.5 Å². The van der Waals surface area contributed by atoms with Crippen LogP contribution in [0.5, 0.6) is 0 Å². The van der Waals surface area contributed by atoms with Gasteiger partial charge in [0.1, 0.15) is 0 Å². The van der Waals surface area contributed by atoms with Crippen LogP contribution < -0.4 is 4.90 Å². The molecule has 0 unspecified atom stereocenters. The van der Waals surface area contributed by atoms with Crippen LogP contribution in [0, 0.1) is 0 Å². The molecule has 0 radical (unpaired) electrons. The van der Waals surface area contributed by atoms with Crippen molar-refractivity contribution in [3.63, 3.8) is 0 Å². The molecule has 0 atom stereocenters. The second kappa shape index (κ2) is 13.5. The topological polar surface area (TPSA) is 42.3 Å². The summed E-state index contributed by atoms with van der Waals surface area (Å²) in [6.45, 7) is 0.188. The highest BCUT2D eigenvalue weighted by molar-refractivity contribution is 6.36. The van der Waals surface area contributed by atoms with Crippen LogP contribution in [-0.2, 0) is 12.4 Å². The van der Waals surface area contributed by atoms with Gasteiger partial charge in [-0.05, 0) is 76.9 Å². The molecule has 1 aliphatic heterocycles. The molecule has 0 saturated heterocycles. The number of carbonyl (C=O) groups excluding carboxylic acids is 2. The Bertz CT molecular complexity index is 2570. The number of imide groups is 1. The third-order valence-corrected chi connectivity index (χ3v) is 8.96. The number of hydrogen-bond donors (Lipinski definition) is 0. The number of benzene rings is 6. The summed E-state index contributed by atoms with van der Waals surface area (Å²) < 4.78 is 116. The predicted molar refractivity (Wildman–Crippen MR) is 191 cm³/mol. The molecule has 4 nitrogen and oxygen atoms in total. The van der Waals surface area contributed by atoms with Crippen molar-refractivity contribution in [3.8, 4) is 27.9 Å². The third kappa shape index (κ3) is 7.05. The first kappa shape index (κ1) is 37.0. The van der Waals surface area contributed by atoms with Crippen LogP contribution >= 0.6 is 0 Å². The van der Waals surface area contributed by atoms with E-state index >= 15 is 0 Å². The lowest BCUT2D eigenvalue weighted by Crippen LogP contribution is -2.29. The summed E-state index contributed by atoms with van der Waals surface area (Å²) in [7, 11) is 0. The zero-order chi connectivity index (χ0) is 39.4. The van der Waals surface area contributed by atoms with Crippen molar-refractivity contribution in [1.82, 2.24) is 4.57 Å². The summed E-state index contributed by atoms with van der Waals surface area (Å²) in [5.74, 6) is -1.09. The van der Waals surface area contributed by atoms with E-state index in [2.05, 4.69) is 0 Å². The van der Waals surface area contributed by atoms with Gasteiger partial charge in [0, 0.05) is 17.7 Å². The number of hydrogen-bond acceptors (Lipinski definition) is 2. The molecule has 7 aromatic rings. The molecule has 278 valence electrons. The fraction of sp³-hybridized carbons (Fsp3) is 0.0952. The molecule has 0 spiro atoms. The zero-order valence-electron chi connectivity index (χ0n) is 28.3. The molecule has 1 aliphatic rings. The van der Waals surface area contributed by atoms with Crippen molar-refractivity contribution in [2.75, 3.05) is 4.90 Å². The number of fused-ring (bicyclic) bond motifs is 4. The highest BCUT2D eigenvalue weighted by Gasteiger charge is 2.40. The van der Waals surface area contributed by atoms with Crippen LogP contribution in [0.3, 0.4) is 0 Å². The van der Waals surface area contributed by atoms with E-state index in [1.165, 1.54) is 12.1 Å². The van der Waals surface area contributed by atoms with Gasteiger partial charge in [0.25, 0.3) is 11.8 Å². The lowest BCUT2D eigenvalue weighted by Gasteiger charge is -2.16. The number of amides is 2. The van der Waals surface area contributed by atoms with E-state index in [-0.39, 0.29) is 35.2 Å². The van der Waals surface area contributed by atoms with E-state index in [4.69, 9.17) is 0 Å². The van der Waals surface area contributed by atoms with Gasteiger partial charge in [0.05, 0.1) is 44.7 Å². The van der Waals surface area contributed by atoms with Gasteiger partial charge < -0.3 is 4.57 Å². The second-order valence-corrected chi connectivity index (χ2v) is 12.7. The summed E-state index contributed by atoms with van der Waals surface area (Å²) in [4.78, 5) is 29.1. The maximum absolute atomic E-state index is 14.2. The Morgan fingerprint density at radius 2 is 1.02 bits per heavy atom. The minimum absolute atomic E-state index is 0.101. The number of anilines is 1. The Kier molecular flexibility index (Phi) is 9.06. The standard InChI is InChI=1S/C40H22F6N2O2.C2H3F3/c41-39(42,43)26-20-25(21-27(22-26)40(44,45)46)29-11-6-14-33-35(29)30-10-4-5-13-32(30)48(33)34-15-7-12-31-36(34)38(50)47(37(31)49)28-18-16-24(17-19-28)23-8-2-1-3-9-23;1-2(3,4)5/h1-22H;1H3. The quantitative estimate of drug-likeness (QED) is 0.132. The van der Waals surface area contributed by atoms with E-state index in [1.807, 2.05) is 42.5 Å². The molecular formula is C42H25F9N2O2. The van der Waals surface area contributed by atoms with Gasteiger partial charge >= 0.3 is 18.5 Å². The smallest absolute Gasteiger partial charge is 0.308 e. The number of halogens is 9. The number of alkyl halides is 9. The van der Waals surface area contributed by atoms with Crippen molar-refractivity contribution >= 4 is 39.3 Å². The Hall–Kier alpha value is -6.37. The average Bonchev–Trinajstić information content (AvgIpc) is 3.61. The summed E-state index contributed by atoms with van der Waals surface area (Å²) in [5.41, 5.74) is 0.847. The summed E-state index contributed by atoms with van der Waals surface area (Å²) in [6.07, 6.45) is -14.0. The zero-order valence-corrected chi connectivity index (χ0v) is 28.3. The van der Waals surface area contributed by atoms with E-state index in [0.717, 1.165) is 16.0 Å². The van der Waals surface area contributed by atoms with Crippen LogP contribution in [0.4, 0.5) is 45.2 Å². The molecule has 0 bridgehead atoms. The van der Waals surface area contributed by atoms with Gasteiger partial charge in [-0.2, -0.15) is 39.5 Å². The molecule has 1 aromatic heterocycles. The minimum Gasteiger partial charge on any atom is -0.308 e. The van der Waals surface area contributed by atoms with Crippen molar-refractivity contribution < 1.29 is 49.1 Å². The van der Waals surface area contributed by atoms with Gasteiger partial charge in [0.2, 0.25) is 0 Å². The number of nitrogens with zero attached hydrogens (tertiary/aromatic N) is 2. The molecule has 8 rings (SSSR count). The van der Waals surface area contributed by atoms with Gasteiger partial charge in [-0.25, -0.2) is 4.90 Å². The van der Waals surface area contributed by atoms with Gasteiger partial charge in [-0.3, -0.25) is 9.59 Å². The van der Waals surface area contributed by atoms with Crippen molar-refractivity contribution in [3.05, 3.63) is 156 Å². The van der Waals surface area contributed by atoms with Crippen LogP contribution in [0.25, 0.3) is 49.7 Å². The molecule has 2 heterocycles. The summed E-state index contributed by atoms with van der Waals surface area (Å²) in [5, 5.41) is 0.921. The van der Waals surface area contributed by atoms with Gasteiger partial charge in [0.15, 0.2) is 0 Å². The highest BCUT2D eigenvalue weighted by Crippen LogP contribution is 2.44.